The smallest absolute Gasteiger partial charge is 0.343 e. The van der Waals surface area contributed by atoms with Gasteiger partial charge in [0.25, 0.3) is 0 Å². The minimum absolute atomic E-state index is 0.114. The molecule has 10 nitrogen and oxygen atoms in total. The van der Waals surface area contributed by atoms with E-state index >= 15 is 0 Å². The van der Waals surface area contributed by atoms with Crippen LogP contribution in [0.2, 0.25) is 0 Å². The molecule has 0 saturated heterocycles. The number of unbranched alkanes of at least 4 members (excludes halogenated alkanes) is 12. The van der Waals surface area contributed by atoms with Gasteiger partial charge in [-0.15, -0.1) is 0 Å². The van der Waals surface area contributed by atoms with E-state index in [-0.39, 0.29) is 39.7 Å². The number of carbonyl (C=O) groups is 4. The van der Waals surface area contributed by atoms with Gasteiger partial charge in [-0.2, -0.15) is 5.26 Å². The summed E-state index contributed by atoms with van der Waals surface area (Å²) in [4.78, 5) is 51.1. The van der Waals surface area contributed by atoms with Crippen LogP contribution in [0.4, 0.5) is 0 Å². The molecular formula is C50H51NO9. The van der Waals surface area contributed by atoms with Gasteiger partial charge in [0.15, 0.2) is 0 Å². The van der Waals surface area contributed by atoms with E-state index in [4.69, 9.17) is 28.9 Å². The van der Waals surface area contributed by atoms with Gasteiger partial charge in [0.05, 0.1) is 40.5 Å². The summed E-state index contributed by atoms with van der Waals surface area (Å²) in [6, 6.07) is 32.6. The second-order valence-electron chi connectivity index (χ2n) is 14.4. The lowest BCUT2D eigenvalue weighted by Gasteiger charge is -2.09. The van der Waals surface area contributed by atoms with Crippen LogP contribution in [0.3, 0.4) is 0 Å². The van der Waals surface area contributed by atoms with Crippen molar-refractivity contribution in [2.45, 2.75) is 90.4 Å². The van der Waals surface area contributed by atoms with E-state index in [0.29, 0.717) is 23.5 Å². The van der Waals surface area contributed by atoms with Gasteiger partial charge in [-0.25, -0.2) is 19.2 Å². The first-order valence-electron chi connectivity index (χ1n) is 20.7. The molecule has 0 amide bonds. The van der Waals surface area contributed by atoms with E-state index in [1.807, 2.05) is 6.07 Å². The van der Waals surface area contributed by atoms with E-state index in [9.17, 15) is 19.2 Å². The molecule has 0 aromatic heterocycles. The van der Waals surface area contributed by atoms with Crippen molar-refractivity contribution in [2.24, 2.45) is 0 Å². The van der Waals surface area contributed by atoms with E-state index in [0.717, 1.165) is 12.8 Å². The minimum atomic E-state index is -0.709. The van der Waals surface area contributed by atoms with Crippen LogP contribution in [-0.4, -0.2) is 30.5 Å². The van der Waals surface area contributed by atoms with Gasteiger partial charge < -0.3 is 23.7 Å². The fourth-order valence-electron chi connectivity index (χ4n) is 6.26. The Balaban J connectivity index is 0.991. The zero-order valence-corrected chi connectivity index (χ0v) is 34.1. The second kappa shape index (κ2) is 24.3. The van der Waals surface area contributed by atoms with Crippen molar-refractivity contribution in [3.63, 3.8) is 0 Å². The Hall–Kier alpha value is -6.73. The number of hydrogen-bond donors (Lipinski definition) is 0. The monoisotopic (exact) mass is 809 g/mol. The average Bonchev–Trinajstić information content (AvgIpc) is 3.27. The predicted octanol–water partition coefficient (Wildman–Crippen LogP) is 11.9. The van der Waals surface area contributed by atoms with Gasteiger partial charge in [0.1, 0.15) is 28.7 Å². The molecule has 5 rings (SSSR count). The SMILES string of the molecule is CCCCCCCCCCCCCCCOc1ccc(C(=O)Oc2ccc(C(=O)Oc3cccc(C(=O)Oc4ccc(C(=O)Oc5ccc(C#N)cc5)cc4)c3)cc2)cc1. The van der Waals surface area contributed by atoms with Crippen molar-refractivity contribution < 1.29 is 42.9 Å². The maximum Gasteiger partial charge on any atom is 0.343 e. The molecule has 5 aromatic carbocycles. The van der Waals surface area contributed by atoms with Gasteiger partial charge in [-0.05, 0) is 122 Å². The summed E-state index contributed by atoms with van der Waals surface area (Å²) in [5.74, 6) is -1.03. The first kappa shape index (κ1) is 44.4. The fourth-order valence-corrected chi connectivity index (χ4v) is 6.26. The maximum absolute atomic E-state index is 12.9. The quantitative estimate of drug-likeness (QED) is 0.0356. The minimum Gasteiger partial charge on any atom is -0.494 e. The van der Waals surface area contributed by atoms with Gasteiger partial charge in [-0.3, -0.25) is 0 Å². The van der Waals surface area contributed by atoms with Gasteiger partial charge in [0.2, 0.25) is 0 Å². The van der Waals surface area contributed by atoms with Crippen molar-refractivity contribution in [2.75, 3.05) is 6.61 Å². The van der Waals surface area contributed by atoms with E-state index in [1.54, 1.807) is 30.3 Å². The fraction of sp³-hybridized carbons (Fsp3) is 0.300. The van der Waals surface area contributed by atoms with Gasteiger partial charge in [0, 0.05) is 0 Å². The number of nitriles is 1. The summed E-state index contributed by atoms with van der Waals surface area (Å²) in [6.45, 7) is 2.89. The number of nitrogens with zero attached hydrogens (tertiary/aromatic N) is 1. The molecule has 0 spiro atoms. The van der Waals surface area contributed by atoms with Crippen molar-refractivity contribution in [1.82, 2.24) is 0 Å². The van der Waals surface area contributed by atoms with Crippen LogP contribution in [-0.2, 0) is 0 Å². The highest BCUT2D eigenvalue weighted by Crippen LogP contribution is 2.22. The Bertz CT molecular complexity index is 2170. The highest BCUT2D eigenvalue weighted by molar-refractivity contribution is 5.94. The van der Waals surface area contributed by atoms with Crippen LogP contribution in [0.25, 0.3) is 0 Å². The number of ether oxygens (including phenoxy) is 5. The van der Waals surface area contributed by atoms with Crippen molar-refractivity contribution in [3.05, 3.63) is 149 Å². The molecule has 0 aliphatic carbocycles. The van der Waals surface area contributed by atoms with Crippen LogP contribution >= 0.6 is 0 Å². The summed E-state index contributed by atoms with van der Waals surface area (Å²) in [7, 11) is 0. The number of carbonyl (C=O) groups excluding carboxylic acids is 4. The van der Waals surface area contributed by atoms with Gasteiger partial charge in [-0.1, -0.05) is 90.0 Å². The largest absolute Gasteiger partial charge is 0.494 e. The van der Waals surface area contributed by atoms with Gasteiger partial charge >= 0.3 is 23.9 Å². The highest BCUT2D eigenvalue weighted by Gasteiger charge is 2.16. The number of benzene rings is 5. The molecule has 0 fully saturated rings. The lowest BCUT2D eigenvalue weighted by molar-refractivity contribution is 0.0712. The Labute approximate surface area is 352 Å². The Morgan fingerprint density at radius 2 is 0.783 bits per heavy atom. The number of rotatable bonds is 23. The third-order valence-corrected chi connectivity index (χ3v) is 9.68. The first-order valence-corrected chi connectivity index (χ1v) is 20.7. The molecule has 5 aromatic rings. The standard InChI is InChI=1S/C50H51NO9/c1-2-3-4-5-6-7-8-9-10-11-12-13-14-34-56-42-28-20-38(21-29-42)47(52)58-44-30-24-40(25-31-44)49(54)60-46-17-15-16-41(35-46)50(55)59-45-32-22-39(23-33-45)48(53)57-43-26-18-37(36-51)19-27-43/h15-33,35H,2-14,34H2,1H3. The third kappa shape index (κ3) is 14.9. The second-order valence-corrected chi connectivity index (χ2v) is 14.4. The molecule has 0 aliphatic rings. The predicted molar refractivity (Wildman–Crippen MR) is 228 cm³/mol. The topological polar surface area (TPSA) is 138 Å². The maximum atomic E-state index is 12.9. The first-order chi connectivity index (χ1) is 29.3. The summed E-state index contributed by atoms with van der Waals surface area (Å²) in [5.41, 5.74) is 1.36. The summed E-state index contributed by atoms with van der Waals surface area (Å²) >= 11 is 0. The van der Waals surface area contributed by atoms with Crippen LogP contribution in [0, 0.1) is 11.3 Å². The zero-order chi connectivity index (χ0) is 42.4. The molecule has 0 aliphatic heterocycles. The van der Waals surface area contributed by atoms with Crippen LogP contribution in [0.1, 0.15) is 137 Å². The third-order valence-electron chi connectivity index (χ3n) is 9.68. The molecule has 0 heterocycles. The van der Waals surface area contributed by atoms with Crippen molar-refractivity contribution in [1.29, 1.82) is 5.26 Å². The summed E-state index contributed by atoms with van der Waals surface area (Å²) in [5, 5.41) is 8.92. The molecule has 0 saturated carbocycles. The molecule has 60 heavy (non-hydrogen) atoms. The zero-order valence-electron chi connectivity index (χ0n) is 34.1. The lowest BCUT2D eigenvalue weighted by atomic mass is 10.0. The van der Waals surface area contributed by atoms with E-state index in [1.165, 1.54) is 162 Å². The molecule has 10 heteroatoms. The van der Waals surface area contributed by atoms with E-state index < -0.39 is 23.9 Å². The molecule has 0 atom stereocenters. The number of hydrogen-bond acceptors (Lipinski definition) is 10. The normalized spacial score (nSPS) is 10.6. The molecule has 0 N–H and O–H groups in total. The van der Waals surface area contributed by atoms with Crippen LogP contribution in [0.5, 0.6) is 28.7 Å². The molecular weight excluding hydrogens is 759 g/mol. The summed E-state index contributed by atoms with van der Waals surface area (Å²) in [6.07, 6.45) is 16.9. The highest BCUT2D eigenvalue weighted by atomic mass is 16.5. The Kier molecular flexibility index (Phi) is 17.9. The van der Waals surface area contributed by atoms with Crippen molar-refractivity contribution >= 4 is 23.9 Å². The summed E-state index contributed by atoms with van der Waals surface area (Å²) < 4.78 is 27.6. The Morgan fingerprint density at radius 1 is 0.417 bits per heavy atom. The molecule has 0 unspecified atom stereocenters. The molecule has 0 bridgehead atoms. The number of esters is 4. The molecule has 0 radical (unpaired) electrons. The lowest BCUT2D eigenvalue weighted by Crippen LogP contribution is -2.12. The van der Waals surface area contributed by atoms with Crippen LogP contribution < -0.4 is 23.7 Å². The van der Waals surface area contributed by atoms with Crippen LogP contribution in [0.15, 0.2) is 121 Å². The average molecular weight is 810 g/mol. The van der Waals surface area contributed by atoms with E-state index in [2.05, 4.69) is 6.92 Å². The Morgan fingerprint density at radius 3 is 1.22 bits per heavy atom. The molecule has 310 valence electrons. The van der Waals surface area contributed by atoms with Crippen molar-refractivity contribution in [3.8, 4) is 34.8 Å².